The number of halogens is 2. The molecule has 2 aliphatic heterocycles. The molecular formula is C9H18Cl2N2O. The predicted octanol–water partition coefficient (Wildman–Crippen LogP) is 1.06. The Bertz CT molecular complexity index is 187. The van der Waals surface area contributed by atoms with Gasteiger partial charge in [-0.05, 0) is 12.8 Å². The van der Waals surface area contributed by atoms with Crippen LogP contribution in [0.3, 0.4) is 0 Å². The van der Waals surface area contributed by atoms with Crippen molar-refractivity contribution in [2.75, 3.05) is 20.1 Å². The summed E-state index contributed by atoms with van der Waals surface area (Å²) in [4.78, 5) is 13.7. The van der Waals surface area contributed by atoms with Gasteiger partial charge in [0.25, 0.3) is 0 Å². The lowest BCUT2D eigenvalue weighted by molar-refractivity contribution is -0.134. The molecule has 2 aliphatic rings. The molecule has 2 unspecified atom stereocenters. The van der Waals surface area contributed by atoms with E-state index in [-0.39, 0.29) is 30.7 Å². The summed E-state index contributed by atoms with van der Waals surface area (Å²) in [7, 11) is 1.94. The molecule has 84 valence electrons. The molecule has 0 radical (unpaired) electrons. The number of hydrogen-bond donors (Lipinski definition) is 1. The molecule has 2 atom stereocenters. The van der Waals surface area contributed by atoms with E-state index in [1.54, 1.807) is 0 Å². The number of rotatable bonds is 0. The number of nitrogens with one attached hydrogen (secondary N) is 1. The molecule has 2 saturated heterocycles. The third kappa shape index (κ3) is 2.53. The van der Waals surface area contributed by atoms with Gasteiger partial charge in [0.1, 0.15) is 0 Å². The number of amides is 1. The highest BCUT2D eigenvalue weighted by Gasteiger charge is 2.32. The molecule has 0 aromatic carbocycles. The molecular weight excluding hydrogens is 223 g/mol. The van der Waals surface area contributed by atoms with Gasteiger partial charge in [-0.2, -0.15) is 0 Å². The van der Waals surface area contributed by atoms with E-state index < -0.39 is 0 Å². The fourth-order valence-electron chi connectivity index (χ4n) is 2.24. The van der Waals surface area contributed by atoms with Crippen molar-refractivity contribution < 1.29 is 4.79 Å². The monoisotopic (exact) mass is 240 g/mol. The lowest BCUT2D eigenvalue weighted by Crippen LogP contribution is -2.39. The fraction of sp³-hybridized carbons (Fsp3) is 0.889. The standard InChI is InChI=1S/C9H16N2O.2ClH/c1-11-8-4-2-3-7(9(11)12)5-10-6-8;;/h7-8,10H,2-6H2,1H3;2*1H. The van der Waals surface area contributed by atoms with Crippen molar-refractivity contribution in [3.63, 3.8) is 0 Å². The highest BCUT2D eigenvalue weighted by atomic mass is 35.5. The fourth-order valence-corrected chi connectivity index (χ4v) is 2.24. The molecule has 14 heavy (non-hydrogen) atoms. The lowest BCUT2D eigenvalue weighted by atomic mass is 10.0. The van der Waals surface area contributed by atoms with E-state index in [2.05, 4.69) is 5.32 Å². The van der Waals surface area contributed by atoms with Gasteiger partial charge >= 0.3 is 0 Å². The molecule has 5 heteroatoms. The number of likely N-dealkylation sites (N-methyl/N-ethyl adjacent to an activating group) is 1. The van der Waals surface area contributed by atoms with Crippen LogP contribution in [-0.2, 0) is 4.79 Å². The molecule has 0 aliphatic carbocycles. The van der Waals surface area contributed by atoms with Crippen LogP contribution in [0.2, 0.25) is 0 Å². The first-order valence-electron chi connectivity index (χ1n) is 4.76. The highest BCUT2D eigenvalue weighted by Crippen LogP contribution is 2.22. The summed E-state index contributed by atoms with van der Waals surface area (Å²) in [5.74, 6) is 0.602. The Kier molecular flexibility index (Phi) is 5.79. The van der Waals surface area contributed by atoms with Crippen molar-refractivity contribution in [2.45, 2.75) is 25.3 Å². The first-order valence-corrected chi connectivity index (χ1v) is 4.76. The van der Waals surface area contributed by atoms with Crippen molar-refractivity contribution in [2.24, 2.45) is 5.92 Å². The summed E-state index contributed by atoms with van der Waals surface area (Å²) < 4.78 is 0. The highest BCUT2D eigenvalue weighted by molar-refractivity contribution is 5.85. The van der Waals surface area contributed by atoms with Crippen LogP contribution in [0, 0.1) is 5.92 Å². The summed E-state index contributed by atoms with van der Waals surface area (Å²) in [6.45, 7) is 1.87. The molecule has 0 aromatic heterocycles. The summed E-state index contributed by atoms with van der Waals surface area (Å²) in [6, 6.07) is 0.449. The molecule has 2 bridgehead atoms. The van der Waals surface area contributed by atoms with Crippen LogP contribution >= 0.6 is 24.8 Å². The third-order valence-electron chi connectivity index (χ3n) is 3.11. The number of carbonyl (C=O) groups is 1. The maximum atomic E-state index is 11.7. The smallest absolute Gasteiger partial charge is 0.226 e. The van der Waals surface area contributed by atoms with Crippen molar-refractivity contribution in [1.82, 2.24) is 10.2 Å². The minimum absolute atomic E-state index is 0. The van der Waals surface area contributed by atoms with Crippen LogP contribution in [-0.4, -0.2) is 37.0 Å². The second kappa shape index (κ2) is 5.79. The van der Waals surface area contributed by atoms with Crippen LogP contribution in [0.25, 0.3) is 0 Å². The predicted molar refractivity (Wildman–Crippen MR) is 61.3 cm³/mol. The Morgan fingerprint density at radius 1 is 1.29 bits per heavy atom. The summed E-state index contributed by atoms with van der Waals surface area (Å²) in [5.41, 5.74) is 0. The van der Waals surface area contributed by atoms with Gasteiger partial charge in [0.05, 0.1) is 5.92 Å². The molecule has 2 rings (SSSR count). The van der Waals surface area contributed by atoms with Gasteiger partial charge in [-0.3, -0.25) is 4.79 Å². The third-order valence-corrected chi connectivity index (χ3v) is 3.11. The summed E-state index contributed by atoms with van der Waals surface area (Å²) in [6.07, 6.45) is 3.46. The first-order chi connectivity index (χ1) is 5.79. The van der Waals surface area contributed by atoms with E-state index in [0.29, 0.717) is 11.9 Å². The second-order valence-corrected chi connectivity index (χ2v) is 3.89. The SMILES string of the molecule is CN1C(=O)C2CCCC1CNC2.Cl.Cl. The topological polar surface area (TPSA) is 32.3 Å². The Morgan fingerprint density at radius 3 is 2.71 bits per heavy atom. The Hall–Kier alpha value is 0.01000. The quantitative estimate of drug-likeness (QED) is 0.687. The second-order valence-electron chi connectivity index (χ2n) is 3.89. The van der Waals surface area contributed by atoms with E-state index >= 15 is 0 Å². The Balaban J connectivity index is 0.000000845. The molecule has 2 fully saturated rings. The van der Waals surface area contributed by atoms with E-state index in [4.69, 9.17) is 0 Å². The minimum atomic E-state index is 0. The number of hydrogen-bond acceptors (Lipinski definition) is 2. The van der Waals surface area contributed by atoms with E-state index in [1.807, 2.05) is 11.9 Å². The molecule has 0 spiro atoms. The Labute approximate surface area is 97.4 Å². The van der Waals surface area contributed by atoms with Crippen LogP contribution < -0.4 is 5.32 Å². The Morgan fingerprint density at radius 2 is 2.00 bits per heavy atom. The average molecular weight is 241 g/mol. The van der Waals surface area contributed by atoms with Crippen molar-refractivity contribution in [1.29, 1.82) is 0 Å². The number of carbonyl (C=O) groups excluding carboxylic acids is 1. The summed E-state index contributed by atoms with van der Waals surface area (Å²) in [5, 5.41) is 3.35. The van der Waals surface area contributed by atoms with Gasteiger partial charge in [-0.1, -0.05) is 6.42 Å². The van der Waals surface area contributed by atoms with E-state index in [0.717, 1.165) is 19.5 Å². The molecule has 1 N–H and O–H groups in total. The van der Waals surface area contributed by atoms with Crippen molar-refractivity contribution >= 4 is 30.7 Å². The molecule has 1 amide bonds. The molecule has 3 nitrogen and oxygen atoms in total. The zero-order valence-corrected chi connectivity index (χ0v) is 10.00. The molecule has 0 saturated carbocycles. The van der Waals surface area contributed by atoms with Gasteiger partial charge in [0, 0.05) is 26.2 Å². The first kappa shape index (κ1) is 14.0. The van der Waals surface area contributed by atoms with Gasteiger partial charge < -0.3 is 10.2 Å². The van der Waals surface area contributed by atoms with Gasteiger partial charge in [-0.15, -0.1) is 24.8 Å². The van der Waals surface area contributed by atoms with E-state index in [1.165, 1.54) is 12.8 Å². The average Bonchev–Trinajstić information content (AvgIpc) is 2.19. The molecule has 0 aromatic rings. The van der Waals surface area contributed by atoms with Gasteiger partial charge in [0.2, 0.25) is 5.91 Å². The number of fused-ring (bicyclic) bond motifs is 3. The van der Waals surface area contributed by atoms with Crippen molar-refractivity contribution in [3.8, 4) is 0 Å². The minimum Gasteiger partial charge on any atom is -0.341 e. The maximum absolute atomic E-state index is 11.7. The maximum Gasteiger partial charge on any atom is 0.226 e. The normalized spacial score (nSPS) is 31.2. The van der Waals surface area contributed by atoms with Crippen LogP contribution in [0.15, 0.2) is 0 Å². The van der Waals surface area contributed by atoms with Gasteiger partial charge in [-0.25, -0.2) is 0 Å². The van der Waals surface area contributed by atoms with E-state index in [9.17, 15) is 4.79 Å². The zero-order chi connectivity index (χ0) is 8.55. The number of nitrogens with zero attached hydrogens (tertiary/aromatic N) is 1. The molecule has 2 heterocycles. The van der Waals surface area contributed by atoms with Crippen molar-refractivity contribution in [3.05, 3.63) is 0 Å². The largest absolute Gasteiger partial charge is 0.341 e. The van der Waals surface area contributed by atoms with Crippen LogP contribution in [0.1, 0.15) is 19.3 Å². The van der Waals surface area contributed by atoms with Crippen LogP contribution in [0.5, 0.6) is 0 Å². The summed E-state index contributed by atoms with van der Waals surface area (Å²) >= 11 is 0. The zero-order valence-electron chi connectivity index (χ0n) is 8.36. The lowest BCUT2D eigenvalue weighted by Gasteiger charge is -2.24. The van der Waals surface area contributed by atoms with Crippen LogP contribution in [0.4, 0.5) is 0 Å². The van der Waals surface area contributed by atoms with Gasteiger partial charge in [0.15, 0.2) is 0 Å².